The Labute approximate surface area is 158 Å². The second-order valence-corrected chi connectivity index (χ2v) is 7.37. The molecule has 0 atom stereocenters. The molecule has 0 saturated heterocycles. The Bertz CT molecular complexity index is 1480. The number of pyridine rings is 1. The number of para-hydroxylation sites is 1. The SMILES string of the molecule is [2H]C([2H])([2H])c1cnc(-c2cccc3c2oc2ccc4cc(C)sc4c23)cc1C([2H])([2H])[2H]. The third-order valence-corrected chi connectivity index (χ3v) is 5.53. The highest BCUT2D eigenvalue weighted by Crippen LogP contribution is 2.41. The van der Waals surface area contributed by atoms with Gasteiger partial charge in [0.05, 0.1) is 5.69 Å². The Kier molecular flexibility index (Phi) is 2.01. The van der Waals surface area contributed by atoms with Gasteiger partial charge in [-0.1, -0.05) is 12.1 Å². The summed E-state index contributed by atoms with van der Waals surface area (Å²) < 4.78 is 53.9. The summed E-state index contributed by atoms with van der Waals surface area (Å²) in [6, 6.07) is 13.1. The molecule has 3 heterocycles. The first-order valence-electron chi connectivity index (χ1n) is 10.9. The first-order valence-corrected chi connectivity index (χ1v) is 8.71. The molecule has 0 aliphatic rings. The van der Waals surface area contributed by atoms with Gasteiger partial charge in [0, 0.05) is 40.3 Å². The molecular weight excluding hydrogens is 326 g/mol. The van der Waals surface area contributed by atoms with Crippen LogP contribution >= 0.6 is 11.3 Å². The maximum Gasteiger partial charge on any atom is 0.144 e. The number of rotatable bonds is 1. The molecule has 2 aromatic carbocycles. The Morgan fingerprint density at radius 3 is 2.88 bits per heavy atom. The van der Waals surface area contributed by atoms with Crippen molar-refractivity contribution in [2.75, 3.05) is 0 Å². The second-order valence-electron chi connectivity index (χ2n) is 6.11. The average Bonchev–Trinajstić information content (AvgIpc) is 3.25. The topological polar surface area (TPSA) is 26.0 Å². The van der Waals surface area contributed by atoms with Gasteiger partial charge in [0.15, 0.2) is 0 Å². The van der Waals surface area contributed by atoms with Gasteiger partial charge in [0.25, 0.3) is 0 Å². The maximum absolute atomic E-state index is 7.83. The molecular formula is C22H17NOS. The van der Waals surface area contributed by atoms with Gasteiger partial charge < -0.3 is 4.42 Å². The van der Waals surface area contributed by atoms with E-state index in [1.807, 2.05) is 30.3 Å². The van der Waals surface area contributed by atoms with Crippen LogP contribution in [0.5, 0.6) is 0 Å². The Morgan fingerprint density at radius 2 is 2.00 bits per heavy atom. The van der Waals surface area contributed by atoms with E-state index >= 15 is 0 Å². The lowest BCUT2D eigenvalue weighted by atomic mass is 10.0. The molecule has 0 bridgehead atoms. The van der Waals surface area contributed by atoms with Gasteiger partial charge in [-0.2, -0.15) is 0 Å². The van der Waals surface area contributed by atoms with Gasteiger partial charge in [-0.25, -0.2) is 0 Å². The average molecular weight is 349 g/mol. The molecule has 0 amide bonds. The monoisotopic (exact) mass is 349 g/mol. The first-order chi connectivity index (χ1) is 14.5. The lowest BCUT2D eigenvalue weighted by molar-refractivity contribution is 0.670. The highest BCUT2D eigenvalue weighted by atomic mass is 32.1. The number of benzene rings is 2. The number of aromatic nitrogens is 1. The molecule has 0 unspecified atom stereocenters. The van der Waals surface area contributed by atoms with Crippen molar-refractivity contribution in [1.29, 1.82) is 0 Å². The zero-order valence-corrected chi connectivity index (χ0v) is 14.2. The molecule has 122 valence electrons. The number of furan rings is 1. The lowest BCUT2D eigenvalue weighted by Crippen LogP contribution is -1.88. The van der Waals surface area contributed by atoms with Crippen molar-refractivity contribution in [3.05, 3.63) is 64.7 Å². The van der Waals surface area contributed by atoms with Gasteiger partial charge >= 0.3 is 0 Å². The van der Waals surface area contributed by atoms with Crippen LogP contribution in [0.4, 0.5) is 0 Å². The molecule has 3 heteroatoms. The lowest BCUT2D eigenvalue weighted by Gasteiger charge is -2.05. The quantitative estimate of drug-likeness (QED) is 0.333. The van der Waals surface area contributed by atoms with Crippen molar-refractivity contribution in [1.82, 2.24) is 4.98 Å². The van der Waals surface area contributed by atoms with E-state index in [1.54, 1.807) is 11.3 Å². The van der Waals surface area contributed by atoms with E-state index in [0.29, 0.717) is 16.8 Å². The fourth-order valence-electron chi connectivity index (χ4n) is 3.31. The maximum atomic E-state index is 7.83. The number of aryl methyl sites for hydroxylation is 3. The number of fused-ring (bicyclic) bond motifs is 5. The summed E-state index contributed by atoms with van der Waals surface area (Å²) in [5, 5.41) is 3.08. The zero-order chi connectivity index (χ0) is 22.1. The molecule has 0 spiro atoms. The van der Waals surface area contributed by atoms with E-state index in [9.17, 15) is 0 Å². The summed E-state index contributed by atoms with van der Waals surface area (Å²) in [5.74, 6) is 0. The van der Waals surface area contributed by atoms with Crippen molar-refractivity contribution in [2.45, 2.75) is 20.6 Å². The van der Waals surface area contributed by atoms with Gasteiger partial charge in [-0.15, -0.1) is 11.3 Å². The van der Waals surface area contributed by atoms with Crippen LogP contribution in [0, 0.1) is 20.6 Å². The van der Waals surface area contributed by atoms with E-state index in [0.717, 1.165) is 32.6 Å². The summed E-state index contributed by atoms with van der Waals surface area (Å²) in [6.07, 6.45) is 1.15. The molecule has 0 aliphatic carbocycles. The Hall–Kier alpha value is -2.65. The molecule has 0 fully saturated rings. The summed E-state index contributed by atoms with van der Waals surface area (Å²) in [6.45, 7) is -3.08. The molecule has 0 saturated carbocycles. The minimum absolute atomic E-state index is 0.220. The van der Waals surface area contributed by atoms with Crippen LogP contribution in [-0.4, -0.2) is 4.98 Å². The fraction of sp³-hybridized carbons (Fsp3) is 0.136. The van der Waals surface area contributed by atoms with Crippen LogP contribution in [0.1, 0.15) is 24.2 Å². The van der Waals surface area contributed by atoms with Gasteiger partial charge in [0.2, 0.25) is 0 Å². The van der Waals surface area contributed by atoms with Crippen molar-refractivity contribution in [3.63, 3.8) is 0 Å². The number of hydrogen-bond acceptors (Lipinski definition) is 3. The molecule has 5 rings (SSSR count). The number of hydrogen-bond donors (Lipinski definition) is 0. The highest BCUT2D eigenvalue weighted by Gasteiger charge is 2.16. The molecule has 5 aromatic rings. The predicted octanol–water partition coefficient (Wildman–Crippen LogP) is 6.79. The first kappa shape index (κ1) is 9.73. The van der Waals surface area contributed by atoms with Crippen LogP contribution < -0.4 is 0 Å². The minimum Gasteiger partial charge on any atom is -0.455 e. The van der Waals surface area contributed by atoms with Crippen LogP contribution in [0.25, 0.3) is 43.3 Å². The summed E-state index contributed by atoms with van der Waals surface area (Å²) in [7, 11) is 0. The van der Waals surface area contributed by atoms with Crippen molar-refractivity contribution >= 4 is 43.4 Å². The molecule has 0 radical (unpaired) electrons. The number of nitrogens with zero attached hydrogens (tertiary/aromatic N) is 1. The van der Waals surface area contributed by atoms with Crippen molar-refractivity contribution < 1.29 is 12.6 Å². The van der Waals surface area contributed by atoms with Gasteiger partial charge in [0.1, 0.15) is 11.2 Å². The van der Waals surface area contributed by atoms with Crippen molar-refractivity contribution in [3.8, 4) is 11.3 Å². The Morgan fingerprint density at radius 1 is 1.08 bits per heavy atom. The van der Waals surface area contributed by atoms with E-state index < -0.39 is 13.7 Å². The molecule has 3 aromatic heterocycles. The van der Waals surface area contributed by atoms with Crippen molar-refractivity contribution in [2.24, 2.45) is 0 Å². The van der Waals surface area contributed by atoms with E-state index in [-0.39, 0.29) is 11.1 Å². The van der Waals surface area contributed by atoms with Gasteiger partial charge in [-0.3, -0.25) is 4.98 Å². The van der Waals surface area contributed by atoms with Crippen LogP contribution in [-0.2, 0) is 0 Å². The van der Waals surface area contributed by atoms with Gasteiger partial charge in [-0.05, 0) is 67.5 Å². The third kappa shape index (κ3) is 2.12. The van der Waals surface area contributed by atoms with E-state index in [1.165, 1.54) is 10.9 Å². The fourth-order valence-corrected chi connectivity index (χ4v) is 4.38. The number of thiophene rings is 1. The largest absolute Gasteiger partial charge is 0.455 e. The second kappa shape index (κ2) is 5.17. The predicted molar refractivity (Wildman–Crippen MR) is 107 cm³/mol. The normalized spacial score (nSPS) is 16.4. The van der Waals surface area contributed by atoms with Crippen LogP contribution in [0.2, 0.25) is 0 Å². The minimum atomic E-state index is -2.58. The third-order valence-electron chi connectivity index (χ3n) is 4.45. The molecule has 0 aliphatic heterocycles. The highest BCUT2D eigenvalue weighted by molar-refractivity contribution is 7.20. The van der Waals surface area contributed by atoms with Crippen LogP contribution in [0.3, 0.4) is 0 Å². The van der Waals surface area contributed by atoms with E-state index in [2.05, 4.69) is 18.0 Å². The Balaban J connectivity index is 1.81. The molecule has 0 N–H and O–H groups in total. The standard InChI is InChI=1S/C22H17NOS/c1-12-9-18(23-11-13(12)2)16-5-4-6-17-20-19(24-21(16)17)8-7-15-10-14(3)25-22(15)20/h4-11H,1-3H3/i1D3,2D3. The van der Waals surface area contributed by atoms with E-state index in [4.69, 9.17) is 12.6 Å². The molecule has 25 heavy (non-hydrogen) atoms. The smallest absolute Gasteiger partial charge is 0.144 e. The van der Waals surface area contributed by atoms with Crippen LogP contribution in [0.15, 0.2) is 53.1 Å². The summed E-state index contributed by atoms with van der Waals surface area (Å²) in [4.78, 5) is 5.51. The summed E-state index contributed by atoms with van der Waals surface area (Å²) in [5.41, 5.74) is 1.85. The zero-order valence-electron chi connectivity index (χ0n) is 19.4. The summed E-state index contributed by atoms with van der Waals surface area (Å²) >= 11 is 1.70. The molecule has 2 nitrogen and oxygen atoms in total.